The summed E-state index contributed by atoms with van der Waals surface area (Å²) < 4.78 is 4.71. The zero-order valence-electron chi connectivity index (χ0n) is 6.55. The van der Waals surface area contributed by atoms with Crippen LogP contribution < -0.4 is 0 Å². The van der Waals surface area contributed by atoms with E-state index in [2.05, 4.69) is 15.9 Å². The smallest absolute Gasteiger partial charge is 0.339 e. The minimum absolute atomic E-state index is 0.0278. The number of rotatable bonds is 0. The van der Waals surface area contributed by atoms with Crippen molar-refractivity contribution in [3.05, 3.63) is 0 Å². The monoisotopic (exact) mass is 252 g/mol. The molecule has 6 heteroatoms. The molecule has 2 fully saturated rings. The average Bonchev–Trinajstić information content (AvgIpc) is 2.37. The van der Waals surface area contributed by atoms with Gasteiger partial charge in [0.1, 0.15) is 12.2 Å². The van der Waals surface area contributed by atoms with Gasteiger partial charge >= 0.3 is 5.97 Å². The Hall–Kier alpha value is -0.170. The number of fused-ring (bicyclic) bond motifs is 2. The predicted molar refractivity (Wildman–Crippen MR) is 44.2 cm³/mol. The fraction of sp³-hybridized carbons (Fsp3) is 0.857. The first-order chi connectivity index (χ1) is 5.97. The van der Waals surface area contributed by atoms with Crippen LogP contribution in [0.3, 0.4) is 0 Å². The standard InChI is InChI=1S/C7H9BrO5/c8-5-4(10)3(9)2-1-7(5,12)6(11)13-2/h2-5,9-10,12H,1H2/t2-,3+,4-,5+,7+/m0/s1. The van der Waals surface area contributed by atoms with E-state index in [0.717, 1.165) is 0 Å². The van der Waals surface area contributed by atoms with E-state index < -0.39 is 34.7 Å². The van der Waals surface area contributed by atoms with Crippen LogP contribution in [-0.2, 0) is 9.53 Å². The maximum absolute atomic E-state index is 11.2. The van der Waals surface area contributed by atoms with Gasteiger partial charge in [-0.3, -0.25) is 0 Å². The van der Waals surface area contributed by atoms with Gasteiger partial charge in [-0.1, -0.05) is 15.9 Å². The van der Waals surface area contributed by atoms with E-state index in [1.807, 2.05) is 0 Å². The van der Waals surface area contributed by atoms with Crippen LogP contribution >= 0.6 is 15.9 Å². The maximum Gasteiger partial charge on any atom is 0.339 e. The van der Waals surface area contributed by atoms with Gasteiger partial charge in [0.15, 0.2) is 5.60 Å². The molecule has 1 heterocycles. The normalized spacial score (nSPS) is 54.9. The van der Waals surface area contributed by atoms with E-state index in [-0.39, 0.29) is 6.42 Å². The lowest BCUT2D eigenvalue weighted by Gasteiger charge is -2.35. The van der Waals surface area contributed by atoms with Crippen molar-refractivity contribution < 1.29 is 24.9 Å². The van der Waals surface area contributed by atoms with Crippen LogP contribution in [0.4, 0.5) is 0 Å². The highest BCUT2D eigenvalue weighted by molar-refractivity contribution is 9.09. The Morgan fingerprint density at radius 1 is 1.46 bits per heavy atom. The maximum atomic E-state index is 11.2. The van der Waals surface area contributed by atoms with E-state index in [1.165, 1.54) is 0 Å². The lowest BCUT2D eigenvalue weighted by molar-refractivity contribution is -0.154. The molecule has 0 aromatic rings. The summed E-state index contributed by atoms with van der Waals surface area (Å²) in [5, 5.41) is 28.6. The molecule has 5 atom stereocenters. The molecule has 0 amide bonds. The largest absolute Gasteiger partial charge is 0.457 e. The number of halogens is 1. The first-order valence-electron chi connectivity index (χ1n) is 3.90. The molecular formula is C7H9BrO5. The SMILES string of the molecule is O=C1O[C@H]2C[C@@]1(O)[C@H](Br)[C@@H](O)[C@@H]2O. The second-order valence-electron chi connectivity index (χ2n) is 3.46. The molecule has 3 N–H and O–H groups in total. The Bertz CT molecular complexity index is 257. The van der Waals surface area contributed by atoms with Gasteiger partial charge in [-0.05, 0) is 0 Å². The number of aliphatic hydroxyl groups is 3. The molecule has 2 bridgehead atoms. The summed E-state index contributed by atoms with van der Waals surface area (Å²) in [7, 11) is 0. The lowest BCUT2D eigenvalue weighted by atomic mass is 9.82. The first-order valence-corrected chi connectivity index (χ1v) is 4.82. The molecule has 0 radical (unpaired) electrons. The van der Waals surface area contributed by atoms with Crippen LogP contribution in [0.15, 0.2) is 0 Å². The van der Waals surface area contributed by atoms with Crippen molar-refractivity contribution in [2.24, 2.45) is 0 Å². The molecule has 0 aromatic heterocycles. The third-order valence-corrected chi connectivity index (χ3v) is 3.91. The zero-order valence-corrected chi connectivity index (χ0v) is 8.14. The Morgan fingerprint density at radius 2 is 2.08 bits per heavy atom. The van der Waals surface area contributed by atoms with Crippen molar-refractivity contribution in [2.45, 2.75) is 35.2 Å². The lowest BCUT2D eigenvalue weighted by Crippen LogP contribution is -2.57. The van der Waals surface area contributed by atoms with Crippen molar-refractivity contribution >= 4 is 21.9 Å². The highest BCUT2D eigenvalue weighted by Gasteiger charge is 2.62. The summed E-state index contributed by atoms with van der Waals surface area (Å²) >= 11 is 2.98. The molecule has 1 saturated heterocycles. The summed E-state index contributed by atoms with van der Waals surface area (Å²) in [5.41, 5.74) is -1.69. The summed E-state index contributed by atoms with van der Waals surface area (Å²) in [6.07, 6.45) is -3.08. The van der Waals surface area contributed by atoms with Crippen molar-refractivity contribution in [1.29, 1.82) is 0 Å². The Labute approximate surface area is 82.4 Å². The molecule has 0 aromatic carbocycles. The van der Waals surface area contributed by atoms with Crippen LogP contribution in [0.25, 0.3) is 0 Å². The molecule has 1 aliphatic heterocycles. The van der Waals surface area contributed by atoms with Gasteiger partial charge < -0.3 is 20.1 Å². The molecular weight excluding hydrogens is 244 g/mol. The fourth-order valence-corrected chi connectivity index (χ4v) is 2.45. The number of aliphatic hydroxyl groups excluding tert-OH is 2. The summed E-state index contributed by atoms with van der Waals surface area (Å²) in [5.74, 6) is -0.782. The molecule has 74 valence electrons. The molecule has 0 unspecified atom stereocenters. The number of esters is 1. The number of carbonyl (C=O) groups excluding carboxylic acids is 1. The van der Waals surface area contributed by atoms with E-state index >= 15 is 0 Å². The van der Waals surface area contributed by atoms with Gasteiger partial charge in [-0.2, -0.15) is 0 Å². The van der Waals surface area contributed by atoms with Crippen molar-refractivity contribution in [3.63, 3.8) is 0 Å². The Balaban J connectivity index is 2.36. The molecule has 5 nitrogen and oxygen atoms in total. The second kappa shape index (κ2) is 2.66. The first kappa shape index (κ1) is 9.39. The molecule has 0 spiro atoms. The summed E-state index contributed by atoms with van der Waals surface area (Å²) in [4.78, 5) is 10.3. The minimum atomic E-state index is -1.69. The molecule has 1 saturated carbocycles. The number of hydrogen-bond acceptors (Lipinski definition) is 5. The zero-order chi connectivity index (χ0) is 9.80. The molecule has 2 rings (SSSR count). The van der Waals surface area contributed by atoms with Gasteiger partial charge in [0.2, 0.25) is 0 Å². The van der Waals surface area contributed by atoms with Crippen LogP contribution in [-0.4, -0.2) is 50.0 Å². The average molecular weight is 253 g/mol. The van der Waals surface area contributed by atoms with E-state index in [9.17, 15) is 20.1 Å². The van der Waals surface area contributed by atoms with Crippen LogP contribution in [0.2, 0.25) is 0 Å². The van der Waals surface area contributed by atoms with E-state index in [4.69, 9.17) is 4.74 Å². The molecule has 13 heavy (non-hydrogen) atoms. The van der Waals surface area contributed by atoms with Gasteiger partial charge in [-0.25, -0.2) is 4.79 Å². The topological polar surface area (TPSA) is 87.0 Å². The fourth-order valence-electron chi connectivity index (χ4n) is 1.76. The Kier molecular flexibility index (Phi) is 1.92. The van der Waals surface area contributed by atoms with E-state index in [1.54, 1.807) is 0 Å². The van der Waals surface area contributed by atoms with Crippen LogP contribution in [0.5, 0.6) is 0 Å². The predicted octanol–water partition coefficient (Wildman–Crippen LogP) is -1.47. The summed E-state index contributed by atoms with van der Waals surface area (Å²) in [6, 6.07) is 0. The third kappa shape index (κ3) is 1.06. The van der Waals surface area contributed by atoms with Crippen molar-refractivity contribution in [3.8, 4) is 0 Å². The highest BCUT2D eigenvalue weighted by atomic mass is 79.9. The summed E-state index contributed by atoms with van der Waals surface area (Å²) in [6.45, 7) is 0. The second-order valence-corrected chi connectivity index (χ2v) is 4.44. The van der Waals surface area contributed by atoms with Gasteiger partial charge in [-0.15, -0.1) is 0 Å². The van der Waals surface area contributed by atoms with Gasteiger partial charge in [0.05, 0.1) is 10.9 Å². The van der Waals surface area contributed by atoms with E-state index in [0.29, 0.717) is 0 Å². The van der Waals surface area contributed by atoms with Crippen molar-refractivity contribution in [2.75, 3.05) is 0 Å². The molecule has 2 aliphatic rings. The number of ether oxygens (including phenoxy) is 1. The quantitative estimate of drug-likeness (QED) is 0.362. The number of alkyl halides is 1. The van der Waals surface area contributed by atoms with Crippen LogP contribution in [0.1, 0.15) is 6.42 Å². The third-order valence-electron chi connectivity index (χ3n) is 2.61. The van der Waals surface area contributed by atoms with Gasteiger partial charge in [0.25, 0.3) is 0 Å². The minimum Gasteiger partial charge on any atom is -0.457 e. The van der Waals surface area contributed by atoms with Crippen LogP contribution in [0, 0.1) is 0 Å². The molecule has 1 aliphatic carbocycles. The number of hydrogen-bond donors (Lipinski definition) is 3. The highest BCUT2D eigenvalue weighted by Crippen LogP contribution is 2.41. The Morgan fingerprint density at radius 3 is 2.69 bits per heavy atom. The number of carbonyl (C=O) groups is 1. The van der Waals surface area contributed by atoms with Gasteiger partial charge in [0, 0.05) is 6.42 Å². The van der Waals surface area contributed by atoms with Crippen molar-refractivity contribution in [1.82, 2.24) is 0 Å².